The number of hydrogen-bond acceptors (Lipinski definition) is 1. The molecule has 2 aliphatic carbocycles. The van der Waals surface area contributed by atoms with Crippen molar-refractivity contribution < 1.29 is 5.11 Å². The Hall–Kier alpha value is -0.980. The van der Waals surface area contributed by atoms with Crippen molar-refractivity contribution in [1.82, 2.24) is 0 Å². The van der Waals surface area contributed by atoms with Crippen molar-refractivity contribution >= 4 is 0 Å². The Bertz CT molecular complexity index is 515. The smallest absolute Gasteiger partial charge is 0.119 e. The van der Waals surface area contributed by atoms with E-state index >= 15 is 0 Å². The highest BCUT2D eigenvalue weighted by Gasteiger charge is 2.19. The number of phenolic OH excluding ortho intramolecular Hbond substituents is 1. The minimum atomic E-state index is 0.571. The van der Waals surface area contributed by atoms with E-state index in [1.54, 1.807) is 0 Å². The molecule has 1 N–H and O–H groups in total. The Morgan fingerprint density at radius 2 is 0.926 bits per heavy atom. The molecule has 0 bridgehead atoms. The SMILES string of the molecule is Oc1cc(C2CCCCCCCCC2)ccc1C1CCCCCCCCC1. The molecule has 1 aromatic rings. The number of benzene rings is 1. The third kappa shape index (κ3) is 6.84. The Morgan fingerprint density at radius 1 is 0.519 bits per heavy atom. The lowest BCUT2D eigenvalue weighted by Gasteiger charge is -2.23. The van der Waals surface area contributed by atoms with Gasteiger partial charge in [-0.25, -0.2) is 0 Å². The van der Waals surface area contributed by atoms with Gasteiger partial charge >= 0.3 is 0 Å². The van der Waals surface area contributed by atoms with Crippen LogP contribution in [-0.2, 0) is 0 Å². The summed E-state index contributed by atoms with van der Waals surface area (Å²) in [7, 11) is 0. The second-order valence-electron chi connectivity index (χ2n) is 9.32. The molecule has 2 saturated carbocycles. The molecule has 0 heterocycles. The molecule has 0 aliphatic heterocycles. The summed E-state index contributed by atoms with van der Waals surface area (Å²) in [5, 5.41) is 10.9. The van der Waals surface area contributed by atoms with Gasteiger partial charge in [0.05, 0.1) is 0 Å². The largest absolute Gasteiger partial charge is 0.508 e. The van der Waals surface area contributed by atoms with Crippen LogP contribution in [0.5, 0.6) is 5.75 Å². The summed E-state index contributed by atoms with van der Waals surface area (Å²) in [6.45, 7) is 0. The van der Waals surface area contributed by atoms with Gasteiger partial charge in [-0.05, 0) is 54.7 Å². The zero-order chi connectivity index (χ0) is 18.7. The van der Waals surface area contributed by atoms with Gasteiger partial charge in [0, 0.05) is 0 Å². The van der Waals surface area contributed by atoms with Crippen LogP contribution in [0.15, 0.2) is 18.2 Å². The first-order valence-corrected chi connectivity index (χ1v) is 12.2. The molecule has 0 saturated heterocycles. The van der Waals surface area contributed by atoms with Crippen LogP contribution >= 0.6 is 0 Å². The molecule has 2 aliphatic rings. The van der Waals surface area contributed by atoms with Gasteiger partial charge in [-0.1, -0.05) is 102 Å². The topological polar surface area (TPSA) is 20.2 Å². The molecule has 1 heteroatoms. The van der Waals surface area contributed by atoms with Gasteiger partial charge in [0.15, 0.2) is 0 Å². The van der Waals surface area contributed by atoms with Crippen LogP contribution < -0.4 is 0 Å². The number of aromatic hydroxyl groups is 1. The fourth-order valence-electron chi connectivity index (χ4n) is 5.42. The van der Waals surface area contributed by atoms with Crippen LogP contribution in [0.25, 0.3) is 0 Å². The van der Waals surface area contributed by atoms with Crippen LogP contribution in [0, 0.1) is 0 Å². The Balaban J connectivity index is 1.67. The third-order valence-corrected chi connectivity index (χ3v) is 7.18. The molecule has 3 rings (SSSR count). The van der Waals surface area contributed by atoms with E-state index < -0.39 is 0 Å². The summed E-state index contributed by atoms with van der Waals surface area (Å²) in [5.41, 5.74) is 2.64. The van der Waals surface area contributed by atoms with E-state index in [4.69, 9.17) is 0 Å². The van der Waals surface area contributed by atoms with Crippen molar-refractivity contribution in [3.63, 3.8) is 0 Å². The highest BCUT2D eigenvalue weighted by atomic mass is 16.3. The van der Waals surface area contributed by atoms with Crippen molar-refractivity contribution in [3.05, 3.63) is 29.3 Å². The fraction of sp³-hybridized carbons (Fsp3) is 0.769. The van der Waals surface area contributed by atoms with Gasteiger partial charge in [0.25, 0.3) is 0 Å². The van der Waals surface area contributed by atoms with E-state index in [1.165, 1.54) is 127 Å². The summed E-state index contributed by atoms with van der Waals surface area (Å²) in [5.74, 6) is 1.82. The predicted molar refractivity (Wildman–Crippen MR) is 117 cm³/mol. The quantitative estimate of drug-likeness (QED) is 0.552. The number of rotatable bonds is 2. The summed E-state index contributed by atoms with van der Waals surface area (Å²) >= 11 is 0. The molecule has 1 nitrogen and oxygen atoms in total. The highest BCUT2D eigenvalue weighted by Crippen LogP contribution is 2.38. The minimum Gasteiger partial charge on any atom is -0.508 e. The summed E-state index contributed by atoms with van der Waals surface area (Å²) in [6, 6.07) is 6.80. The lowest BCUT2D eigenvalue weighted by atomic mass is 9.83. The maximum Gasteiger partial charge on any atom is 0.119 e. The van der Waals surface area contributed by atoms with Gasteiger partial charge in [-0.2, -0.15) is 0 Å². The molecule has 152 valence electrons. The van der Waals surface area contributed by atoms with E-state index in [9.17, 15) is 5.11 Å². The zero-order valence-electron chi connectivity index (χ0n) is 17.6. The molecular formula is C26H42O. The van der Waals surface area contributed by atoms with E-state index in [2.05, 4.69) is 18.2 Å². The lowest BCUT2D eigenvalue weighted by molar-refractivity contribution is 0.426. The maximum absolute atomic E-state index is 10.9. The third-order valence-electron chi connectivity index (χ3n) is 7.18. The Labute approximate surface area is 168 Å². The van der Waals surface area contributed by atoms with Crippen molar-refractivity contribution in [1.29, 1.82) is 0 Å². The molecule has 0 amide bonds. The average molecular weight is 371 g/mol. The molecular weight excluding hydrogens is 328 g/mol. The molecule has 2 fully saturated rings. The van der Waals surface area contributed by atoms with Gasteiger partial charge in [-0.3, -0.25) is 0 Å². The van der Waals surface area contributed by atoms with E-state index in [0.29, 0.717) is 17.6 Å². The van der Waals surface area contributed by atoms with Gasteiger partial charge in [0.1, 0.15) is 5.75 Å². The van der Waals surface area contributed by atoms with Crippen molar-refractivity contribution in [2.45, 2.75) is 127 Å². The first-order valence-electron chi connectivity index (χ1n) is 12.2. The lowest BCUT2D eigenvalue weighted by Crippen LogP contribution is -2.04. The van der Waals surface area contributed by atoms with Crippen LogP contribution in [0.2, 0.25) is 0 Å². The minimum absolute atomic E-state index is 0.571. The molecule has 0 atom stereocenters. The fourth-order valence-corrected chi connectivity index (χ4v) is 5.42. The average Bonchev–Trinajstić information content (AvgIpc) is 2.70. The number of phenols is 1. The zero-order valence-corrected chi connectivity index (χ0v) is 17.6. The molecule has 0 spiro atoms. The van der Waals surface area contributed by atoms with Gasteiger partial charge in [0.2, 0.25) is 0 Å². The molecule has 27 heavy (non-hydrogen) atoms. The summed E-state index contributed by atoms with van der Waals surface area (Å²) < 4.78 is 0. The molecule has 1 aromatic carbocycles. The van der Waals surface area contributed by atoms with Crippen molar-refractivity contribution in [2.75, 3.05) is 0 Å². The summed E-state index contributed by atoms with van der Waals surface area (Å²) in [6.07, 6.45) is 24.5. The number of hydrogen-bond donors (Lipinski definition) is 1. The maximum atomic E-state index is 10.9. The van der Waals surface area contributed by atoms with Crippen molar-refractivity contribution in [2.24, 2.45) is 0 Å². The standard InChI is InChI=1S/C26H42O/c27-26-21-24(22-15-11-7-3-1-4-8-12-16-22)19-20-25(26)23-17-13-9-5-2-6-10-14-18-23/h19-23,27H,1-18H2. The van der Waals surface area contributed by atoms with Crippen molar-refractivity contribution in [3.8, 4) is 5.75 Å². The van der Waals surface area contributed by atoms with Crippen LogP contribution in [-0.4, -0.2) is 5.11 Å². The first-order chi connectivity index (χ1) is 13.3. The summed E-state index contributed by atoms with van der Waals surface area (Å²) in [4.78, 5) is 0. The van der Waals surface area contributed by atoms with E-state index in [-0.39, 0.29) is 0 Å². The van der Waals surface area contributed by atoms with Crippen LogP contribution in [0.4, 0.5) is 0 Å². The monoisotopic (exact) mass is 370 g/mol. The second kappa shape index (κ2) is 11.8. The van der Waals surface area contributed by atoms with Gasteiger partial charge < -0.3 is 5.11 Å². The molecule has 0 aromatic heterocycles. The van der Waals surface area contributed by atoms with E-state index in [0.717, 1.165) is 0 Å². The highest BCUT2D eigenvalue weighted by molar-refractivity contribution is 5.40. The Kier molecular flexibility index (Phi) is 9.04. The predicted octanol–water partition coefficient (Wildman–Crippen LogP) is 8.61. The molecule has 0 unspecified atom stereocenters. The normalized spacial score (nSPS) is 23.0. The van der Waals surface area contributed by atoms with E-state index in [1.807, 2.05) is 0 Å². The van der Waals surface area contributed by atoms with Crippen LogP contribution in [0.1, 0.15) is 139 Å². The van der Waals surface area contributed by atoms with Crippen LogP contribution in [0.3, 0.4) is 0 Å². The second-order valence-corrected chi connectivity index (χ2v) is 9.32. The van der Waals surface area contributed by atoms with Gasteiger partial charge in [-0.15, -0.1) is 0 Å². The Morgan fingerprint density at radius 3 is 1.37 bits per heavy atom. The molecule has 0 radical (unpaired) electrons. The first kappa shape index (κ1) is 20.7.